The van der Waals surface area contributed by atoms with Gasteiger partial charge in [0, 0.05) is 13.6 Å². The van der Waals surface area contributed by atoms with Gasteiger partial charge in [0.05, 0.1) is 0 Å². The first kappa shape index (κ1) is 19.4. The van der Waals surface area contributed by atoms with Gasteiger partial charge >= 0.3 is 12.1 Å². The zero-order valence-corrected chi connectivity index (χ0v) is 13.3. The van der Waals surface area contributed by atoms with E-state index in [1.807, 2.05) is 0 Å². The van der Waals surface area contributed by atoms with Crippen LogP contribution in [0, 0.1) is 0 Å². The van der Waals surface area contributed by atoms with E-state index in [-0.39, 0.29) is 25.8 Å². The number of amides is 1. The van der Waals surface area contributed by atoms with Crippen molar-refractivity contribution in [2.45, 2.75) is 30.7 Å². The topological polar surface area (TPSA) is 74.7 Å². The molecular formula is C14H18F3NO4S. The normalized spacial score (nSPS) is 13.6. The van der Waals surface area contributed by atoms with E-state index in [0.717, 1.165) is 7.05 Å². The predicted octanol–water partition coefficient (Wildman–Crippen LogP) is 2.81. The van der Waals surface area contributed by atoms with Crippen LogP contribution in [0.3, 0.4) is 0 Å². The zero-order chi connectivity index (χ0) is 17.7. The highest BCUT2D eigenvalue weighted by atomic mass is 32.2. The number of hydrogen-bond donors (Lipinski definition) is 1. The molecule has 0 fully saturated rings. The fraction of sp³-hybridized carbons (Fsp3) is 0.500. The third-order valence-electron chi connectivity index (χ3n) is 3.33. The maximum absolute atomic E-state index is 12.2. The van der Waals surface area contributed by atoms with Gasteiger partial charge in [0.1, 0.15) is 5.25 Å². The minimum Gasteiger partial charge on any atom is -0.338 e. The van der Waals surface area contributed by atoms with Crippen molar-refractivity contribution in [1.82, 2.24) is 4.90 Å². The van der Waals surface area contributed by atoms with Crippen LogP contribution in [0.1, 0.15) is 30.1 Å². The summed E-state index contributed by atoms with van der Waals surface area (Å²) in [5, 5.41) is -1.13. The Labute approximate surface area is 132 Å². The van der Waals surface area contributed by atoms with E-state index < -0.39 is 27.5 Å². The molecule has 0 saturated carbocycles. The molecule has 1 amide bonds. The number of hydrogen-bond acceptors (Lipinski definition) is 3. The van der Waals surface area contributed by atoms with Crippen molar-refractivity contribution in [1.29, 1.82) is 0 Å². The number of carbonyl (C=O) groups is 1. The predicted molar refractivity (Wildman–Crippen MR) is 78.3 cm³/mol. The van der Waals surface area contributed by atoms with Crippen molar-refractivity contribution in [3.05, 3.63) is 35.9 Å². The van der Waals surface area contributed by atoms with E-state index in [9.17, 15) is 30.9 Å². The summed E-state index contributed by atoms with van der Waals surface area (Å²) < 4.78 is 68.8. The van der Waals surface area contributed by atoms with Gasteiger partial charge in [-0.2, -0.15) is 21.6 Å². The Morgan fingerprint density at radius 1 is 1.22 bits per heavy atom. The monoisotopic (exact) mass is 353 g/mol. The molecule has 1 atom stereocenters. The number of carbonyl (C=O) groups excluding carboxylic acids is 1. The first-order valence-corrected chi connectivity index (χ1v) is 8.37. The average molecular weight is 353 g/mol. The van der Waals surface area contributed by atoms with Crippen LogP contribution in [-0.4, -0.2) is 43.5 Å². The molecule has 0 aromatic heterocycles. The van der Waals surface area contributed by atoms with Gasteiger partial charge in [0.25, 0.3) is 10.1 Å². The SMILES string of the molecule is CN(CCCCC(c1ccccc1)S(=O)(=O)O)C(=O)C(F)(F)F. The highest BCUT2D eigenvalue weighted by molar-refractivity contribution is 7.86. The van der Waals surface area contributed by atoms with E-state index >= 15 is 0 Å². The van der Waals surface area contributed by atoms with E-state index in [0.29, 0.717) is 10.5 Å². The maximum atomic E-state index is 12.2. The van der Waals surface area contributed by atoms with Crippen molar-refractivity contribution in [2.24, 2.45) is 0 Å². The van der Waals surface area contributed by atoms with Crippen LogP contribution in [0.2, 0.25) is 0 Å². The molecule has 1 unspecified atom stereocenters. The zero-order valence-electron chi connectivity index (χ0n) is 12.5. The Kier molecular flexibility index (Phi) is 6.57. The lowest BCUT2D eigenvalue weighted by Crippen LogP contribution is -2.38. The second-order valence-corrected chi connectivity index (χ2v) is 6.73. The maximum Gasteiger partial charge on any atom is 0.471 e. The van der Waals surface area contributed by atoms with Gasteiger partial charge in [0.2, 0.25) is 0 Å². The molecule has 0 aliphatic heterocycles. The highest BCUT2D eigenvalue weighted by Gasteiger charge is 2.40. The van der Waals surface area contributed by atoms with Gasteiger partial charge in [-0.1, -0.05) is 30.3 Å². The molecule has 0 bridgehead atoms. The number of unbranched alkanes of at least 4 members (excludes halogenated alkanes) is 1. The molecule has 0 aliphatic carbocycles. The van der Waals surface area contributed by atoms with Crippen LogP contribution in [0.25, 0.3) is 0 Å². The van der Waals surface area contributed by atoms with Gasteiger partial charge in [-0.05, 0) is 24.8 Å². The van der Waals surface area contributed by atoms with Crippen molar-refractivity contribution in [3.63, 3.8) is 0 Å². The summed E-state index contributed by atoms with van der Waals surface area (Å²) in [4.78, 5) is 11.5. The van der Waals surface area contributed by atoms with Gasteiger partial charge in [-0.15, -0.1) is 0 Å². The van der Waals surface area contributed by atoms with Crippen LogP contribution in [0.5, 0.6) is 0 Å². The average Bonchev–Trinajstić information content (AvgIpc) is 2.44. The van der Waals surface area contributed by atoms with Crippen molar-refractivity contribution < 1.29 is 30.9 Å². The second kappa shape index (κ2) is 7.78. The van der Waals surface area contributed by atoms with Gasteiger partial charge in [-0.25, -0.2) is 0 Å². The minimum atomic E-state index is -4.92. The molecule has 130 valence electrons. The van der Waals surface area contributed by atoms with Gasteiger partial charge in [0.15, 0.2) is 0 Å². The number of benzene rings is 1. The summed E-state index contributed by atoms with van der Waals surface area (Å²) >= 11 is 0. The number of nitrogens with zero attached hydrogens (tertiary/aromatic N) is 1. The second-order valence-electron chi connectivity index (χ2n) is 5.13. The van der Waals surface area contributed by atoms with E-state index in [1.165, 1.54) is 0 Å². The van der Waals surface area contributed by atoms with E-state index in [4.69, 9.17) is 0 Å². The van der Waals surface area contributed by atoms with Crippen molar-refractivity contribution in [3.8, 4) is 0 Å². The van der Waals surface area contributed by atoms with Gasteiger partial charge < -0.3 is 4.90 Å². The molecule has 0 radical (unpaired) electrons. The molecule has 0 saturated heterocycles. The summed E-state index contributed by atoms with van der Waals surface area (Å²) in [6, 6.07) is 8.06. The first-order valence-electron chi connectivity index (χ1n) is 6.87. The lowest BCUT2D eigenvalue weighted by atomic mass is 10.1. The number of halogens is 3. The molecule has 5 nitrogen and oxygen atoms in total. The third-order valence-corrected chi connectivity index (χ3v) is 4.56. The molecule has 0 heterocycles. The molecule has 0 spiro atoms. The number of rotatable bonds is 7. The first-order chi connectivity index (χ1) is 10.5. The Morgan fingerprint density at radius 2 is 1.78 bits per heavy atom. The van der Waals surface area contributed by atoms with Crippen molar-refractivity contribution >= 4 is 16.0 Å². The van der Waals surface area contributed by atoms with Crippen LogP contribution in [0.15, 0.2) is 30.3 Å². The molecule has 1 N–H and O–H groups in total. The molecule has 9 heteroatoms. The molecule has 23 heavy (non-hydrogen) atoms. The Bertz CT molecular complexity index is 617. The summed E-state index contributed by atoms with van der Waals surface area (Å²) in [6.07, 6.45) is -4.43. The van der Waals surface area contributed by atoms with Crippen LogP contribution >= 0.6 is 0 Å². The summed E-state index contributed by atoms with van der Waals surface area (Å²) in [6.45, 7) is -0.147. The summed E-state index contributed by atoms with van der Waals surface area (Å²) in [5.41, 5.74) is 0.412. The molecule has 1 aromatic rings. The van der Waals surface area contributed by atoms with Crippen LogP contribution in [0.4, 0.5) is 13.2 Å². The van der Waals surface area contributed by atoms with E-state index in [1.54, 1.807) is 30.3 Å². The Morgan fingerprint density at radius 3 is 2.26 bits per heavy atom. The van der Waals surface area contributed by atoms with Crippen molar-refractivity contribution in [2.75, 3.05) is 13.6 Å². The lowest BCUT2D eigenvalue weighted by Gasteiger charge is -2.19. The lowest BCUT2D eigenvalue weighted by molar-refractivity contribution is -0.184. The van der Waals surface area contributed by atoms with Crippen LogP contribution < -0.4 is 0 Å². The highest BCUT2D eigenvalue weighted by Crippen LogP contribution is 2.27. The molecule has 1 aromatic carbocycles. The quantitative estimate of drug-likeness (QED) is 0.604. The number of alkyl halides is 3. The molecular weight excluding hydrogens is 335 g/mol. The third kappa shape index (κ3) is 6.19. The Balaban J connectivity index is 2.57. The molecule has 1 rings (SSSR count). The Hall–Kier alpha value is -1.61. The molecule has 0 aliphatic rings. The summed E-state index contributed by atoms with van der Waals surface area (Å²) in [5.74, 6) is -1.94. The summed E-state index contributed by atoms with van der Waals surface area (Å²) in [7, 11) is -3.28. The van der Waals surface area contributed by atoms with E-state index in [2.05, 4.69) is 0 Å². The fourth-order valence-corrected chi connectivity index (χ4v) is 3.12. The van der Waals surface area contributed by atoms with Gasteiger partial charge in [-0.3, -0.25) is 9.35 Å². The minimum absolute atomic E-state index is 0.0525. The smallest absolute Gasteiger partial charge is 0.338 e. The standard InChI is InChI=1S/C14H18F3NO4S/c1-18(13(19)14(15,16)17)10-6-5-9-12(23(20,21)22)11-7-3-2-4-8-11/h2-4,7-8,12H,5-6,9-10H2,1H3,(H,20,21,22). The largest absolute Gasteiger partial charge is 0.471 e. The van der Waals surface area contributed by atoms with Crippen LogP contribution in [-0.2, 0) is 14.9 Å². The fourth-order valence-electron chi connectivity index (χ4n) is 2.15.